The van der Waals surface area contributed by atoms with E-state index in [1.807, 2.05) is 0 Å². The van der Waals surface area contributed by atoms with Crippen LogP contribution < -0.4 is 4.74 Å². The molecule has 0 atom stereocenters. The molecule has 0 aliphatic carbocycles. The highest BCUT2D eigenvalue weighted by molar-refractivity contribution is 7.71. The fraction of sp³-hybridized carbons (Fsp3) is 0.0909. The quantitative estimate of drug-likeness (QED) is 0.785. The molecule has 1 heterocycles. The zero-order chi connectivity index (χ0) is 11.7. The van der Waals surface area contributed by atoms with Gasteiger partial charge in [0.05, 0.1) is 12.6 Å². The average Bonchev–Trinajstić information content (AvgIpc) is 2.28. The van der Waals surface area contributed by atoms with Crippen molar-refractivity contribution in [1.82, 2.24) is 4.98 Å². The summed E-state index contributed by atoms with van der Waals surface area (Å²) in [4.78, 5) is 13.6. The maximum absolute atomic E-state index is 10.8. The second kappa shape index (κ2) is 3.94. The van der Waals surface area contributed by atoms with Gasteiger partial charge in [0.15, 0.2) is 0 Å². The number of ether oxygens (including phenoxy) is 1. The van der Waals surface area contributed by atoms with Crippen LogP contribution in [0, 0.1) is 4.51 Å². The molecule has 0 amide bonds. The number of aromatic carboxylic acids is 1. The van der Waals surface area contributed by atoms with Crippen molar-refractivity contribution in [3.05, 3.63) is 34.5 Å². The van der Waals surface area contributed by atoms with Crippen molar-refractivity contribution in [2.24, 2.45) is 0 Å². The molecule has 1 aromatic carbocycles. The zero-order valence-electron chi connectivity index (χ0n) is 8.48. The van der Waals surface area contributed by atoms with Crippen molar-refractivity contribution in [2.45, 2.75) is 0 Å². The number of aromatic nitrogens is 1. The largest absolute Gasteiger partial charge is 0.497 e. The number of methoxy groups -OCH3 is 1. The van der Waals surface area contributed by atoms with Gasteiger partial charge >= 0.3 is 5.97 Å². The molecule has 0 aliphatic rings. The van der Waals surface area contributed by atoms with Crippen molar-refractivity contribution >= 4 is 29.1 Å². The minimum absolute atomic E-state index is 0.0748. The minimum Gasteiger partial charge on any atom is -0.497 e. The lowest BCUT2D eigenvalue weighted by Gasteiger charge is -2.04. The fourth-order valence-corrected chi connectivity index (χ4v) is 1.77. The van der Waals surface area contributed by atoms with E-state index in [-0.39, 0.29) is 5.69 Å². The fourth-order valence-electron chi connectivity index (χ4n) is 1.47. The van der Waals surface area contributed by atoms with Crippen molar-refractivity contribution in [3.63, 3.8) is 0 Å². The van der Waals surface area contributed by atoms with E-state index in [4.69, 9.17) is 22.1 Å². The lowest BCUT2D eigenvalue weighted by atomic mass is 10.2. The first-order chi connectivity index (χ1) is 7.61. The molecule has 2 aromatic rings. The molecular formula is C11H9NO3S. The number of carboxylic acids is 1. The highest BCUT2D eigenvalue weighted by Gasteiger charge is 2.06. The number of hydrogen-bond donors (Lipinski definition) is 2. The number of hydrogen-bond acceptors (Lipinski definition) is 3. The molecule has 0 saturated carbocycles. The van der Waals surface area contributed by atoms with Gasteiger partial charge in [0, 0.05) is 16.0 Å². The highest BCUT2D eigenvalue weighted by Crippen LogP contribution is 2.20. The lowest BCUT2D eigenvalue weighted by Crippen LogP contribution is -2.00. The van der Waals surface area contributed by atoms with Gasteiger partial charge in [0.1, 0.15) is 11.4 Å². The molecule has 82 valence electrons. The Morgan fingerprint density at radius 2 is 2.19 bits per heavy atom. The van der Waals surface area contributed by atoms with Crippen molar-refractivity contribution in [1.29, 1.82) is 0 Å². The van der Waals surface area contributed by atoms with Gasteiger partial charge in [-0.05, 0) is 18.2 Å². The van der Waals surface area contributed by atoms with Crippen LogP contribution in [0.4, 0.5) is 0 Å². The summed E-state index contributed by atoms with van der Waals surface area (Å²) >= 11 is 5.12. The van der Waals surface area contributed by atoms with Crippen LogP contribution >= 0.6 is 12.2 Å². The maximum atomic E-state index is 10.8. The SMILES string of the molecule is COc1ccc2c(=S)cc(C(=O)O)[nH]c2c1. The number of carboxylic acid groups (broad SMARTS) is 1. The Kier molecular flexibility index (Phi) is 2.62. The number of carbonyl (C=O) groups is 1. The third kappa shape index (κ3) is 1.77. The van der Waals surface area contributed by atoms with E-state index in [2.05, 4.69) is 4.98 Å². The molecule has 0 saturated heterocycles. The molecule has 4 nitrogen and oxygen atoms in total. The summed E-state index contributed by atoms with van der Waals surface area (Å²) in [6.45, 7) is 0. The van der Waals surface area contributed by atoms with Crippen LogP contribution in [-0.2, 0) is 0 Å². The molecule has 0 unspecified atom stereocenters. The summed E-state index contributed by atoms with van der Waals surface area (Å²) in [6, 6.07) is 6.75. The second-order valence-electron chi connectivity index (χ2n) is 3.26. The summed E-state index contributed by atoms with van der Waals surface area (Å²) in [5.74, 6) is -0.378. The Bertz CT molecular complexity index is 618. The first kappa shape index (κ1) is 10.6. The Morgan fingerprint density at radius 3 is 2.81 bits per heavy atom. The van der Waals surface area contributed by atoms with Gasteiger partial charge in [-0.15, -0.1) is 0 Å². The van der Waals surface area contributed by atoms with Gasteiger partial charge in [-0.1, -0.05) is 12.2 Å². The van der Waals surface area contributed by atoms with E-state index < -0.39 is 5.97 Å². The van der Waals surface area contributed by atoms with Crippen LogP contribution in [0.2, 0.25) is 0 Å². The maximum Gasteiger partial charge on any atom is 0.352 e. The first-order valence-corrected chi connectivity index (χ1v) is 4.97. The summed E-state index contributed by atoms with van der Waals surface area (Å²) < 4.78 is 5.57. The topological polar surface area (TPSA) is 62.3 Å². The van der Waals surface area contributed by atoms with Crippen molar-refractivity contribution < 1.29 is 14.6 Å². The summed E-state index contributed by atoms with van der Waals surface area (Å²) in [5, 5.41) is 9.69. The van der Waals surface area contributed by atoms with Crippen molar-refractivity contribution in [2.75, 3.05) is 7.11 Å². The number of nitrogens with one attached hydrogen (secondary N) is 1. The lowest BCUT2D eigenvalue weighted by molar-refractivity contribution is 0.0691. The van der Waals surface area contributed by atoms with Crippen LogP contribution in [0.5, 0.6) is 5.75 Å². The molecule has 2 rings (SSSR count). The van der Waals surface area contributed by atoms with Gasteiger partial charge in [0.2, 0.25) is 0 Å². The van der Waals surface area contributed by atoms with Crippen LogP contribution in [0.1, 0.15) is 10.5 Å². The summed E-state index contributed by atoms with van der Waals surface area (Å²) in [6.07, 6.45) is 0. The monoisotopic (exact) mass is 235 g/mol. The first-order valence-electron chi connectivity index (χ1n) is 4.56. The number of aromatic amines is 1. The molecule has 0 radical (unpaired) electrons. The van der Waals surface area contributed by atoms with Crippen LogP contribution in [-0.4, -0.2) is 23.2 Å². The van der Waals surface area contributed by atoms with Crippen molar-refractivity contribution in [3.8, 4) is 5.75 Å². The molecule has 0 bridgehead atoms. The van der Waals surface area contributed by atoms with E-state index in [0.717, 1.165) is 5.39 Å². The third-order valence-corrected chi connectivity index (χ3v) is 2.61. The van der Waals surface area contributed by atoms with Gasteiger partial charge in [-0.2, -0.15) is 0 Å². The van der Waals surface area contributed by atoms with Gasteiger partial charge < -0.3 is 14.8 Å². The molecule has 0 aliphatic heterocycles. The van der Waals surface area contributed by atoms with Gasteiger partial charge in [-0.25, -0.2) is 4.79 Å². The van der Waals surface area contributed by atoms with E-state index in [1.165, 1.54) is 6.07 Å². The predicted molar refractivity (Wildman–Crippen MR) is 62.6 cm³/mol. The average molecular weight is 235 g/mol. The highest BCUT2D eigenvalue weighted by atomic mass is 32.1. The number of pyridine rings is 1. The molecule has 2 N–H and O–H groups in total. The molecule has 0 fully saturated rings. The third-order valence-electron chi connectivity index (χ3n) is 2.27. The molecule has 1 aromatic heterocycles. The van der Waals surface area contributed by atoms with E-state index in [0.29, 0.717) is 15.8 Å². The number of H-pyrrole nitrogens is 1. The van der Waals surface area contributed by atoms with Crippen LogP contribution in [0.25, 0.3) is 10.9 Å². The number of fused-ring (bicyclic) bond motifs is 1. The Balaban J connectivity index is 2.78. The zero-order valence-corrected chi connectivity index (χ0v) is 9.30. The predicted octanol–water partition coefficient (Wildman–Crippen LogP) is 2.60. The van der Waals surface area contributed by atoms with Crippen LogP contribution in [0.15, 0.2) is 24.3 Å². The standard InChI is InChI=1S/C11H9NO3S/c1-15-6-2-3-7-8(4-6)12-9(11(13)14)5-10(7)16/h2-5H,1H3,(H,12,16)(H,13,14). The van der Waals surface area contributed by atoms with E-state index >= 15 is 0 Å². The Labute approximate surface area is 96.5 Å². The molecular weight excluding hydrogens is 226 g/mol. The number of benzene rings is 1. The molecule has 16 heavy (non-hydrogen) atoms. The second-order valence-corrected chi connectivity index (χ2v) is 3.70. The molecule has 5 heteroatoms. The summed E-state index contributed by atoms with van der Waals surface area (Å²) in [7, 11) is 1.55. The normalized spacial score (nSPS) is 10.3. The van der Waals surface area contributed by atoms with E-state index in [9.17, 15) is 4.79 Å². The number of rotatable bonds is 2. The Hall–Kier alpha value is -1.88. The summed E-state index contributed by atoms with van der Waals surface area (Å²) in [5.41, 5.74) is 0.731. The van der Waals surface area contributed by atoms with Gasteiger partial charge in [0.25, 0.3) is 0 Å². The van der Waals surface area contributed by atoms with Gasteiger partial charge in [-0.3, -0.25) is 0 Å². The molecule has 0 spiro atoms. The minimum atomic E-state index is -1.03. The van der Waals surface area contributed by atoms with E-state index in [1.54, 1.807) is 25.3 Å². The van der Waals surface area contributed by atoms with Crippen LogP contribution in [0.3, 0.4) is 0 Å². The smallest absolute Gasteiger partial charge is 0.352 e. The Morgan fingerprint density at radius 1 is 1.44 bits per heavy atom.